The van der Waals surface area contributed by atoms with E-state index in [0.717, 1.165) is 38.6 Å². The second-order valence-corrected chi connectivity index (χ2v) is 14.8. The van der Waals surface area contributed by atoms with Crippen molar-refractivity contribution in [3.8, 4) is 0 Å². The Kier molecular flexibility index (Phi) is 9.51. The summed E-state index contributed by atoms with van der Waals surface area (Å²) in [5, 5.41) is 18.6. The first-order chi connectivity index (χ1) is 26.8. The van der Waals surface area contributed by atoms with Crippen LogP contribution in [0.4, 0.5) is 10.8 Å². The van der Waals surface area contributed by atoms with E-state index in [9.17, 15) is 24.3 Å². The minimum Gasteiger partial charge on any atom is -0.477 e. The Balaban J connectivity index is 1.09. The topological polar surface area (TPSA) is 168 Å². The van der Waals surface area contributed by atoms with Crippen molar-refractivity contribution in [1.29, 1.82) is 0 Å². The SMILES string of the molecule is Nc1nc(/C(=N/OC(c2ccccc2)(c2ccccc2)c2ccccc2)C(=O)N[C@@H]2C(=O)N3C(C(=O)O)=C(/C=C4/CN(c5ccccc5)C4=O)CS[C@H]23)cs1. The van der Waals surface area contributed by atoms with Crippen LogP contribution in [0.15, 0.2) is 155 Å². The third-order valence-corrected chi connectivity index (χ3v) is 11.5. The molecule has 0 bridgehead atoms. The van der Waals surface area contributed by atoms with Crippen molar-refractivity contribution in [1.82, 2.24) is 15.2 Å². The molecule has 3 aliphatic heterocycles. The van der Waals surface area contributed by atoms with Crippen LogP contribution in [0.3, 0.4) is 0 Å². The molecule has 0 spiro atoms. The molecule has 0 saturated carbocycles. The van der Waals surface area contributed by atoms with Crippen molar-refractivity contribution in [2.24, 2.45) is 5.16 Å². The fourth-order valence-corrected chi connectivity index (χ4v) is 8.73. The molecule has 14 heteroatoms. The average molecular weight is 769 g/mol. The van der Waals surface area contributed by atoms with Gasteiger partial charge in [-0.1, -0.05) is 114 Å². The number of oxime groups is 1. The van der Waals surface area contributed by atoms with Gasteiger partial charge < -0.3 is 25.9 Å². The van der Waals surface area contributed by atoms with Crippen molar-refractivity contribution >= 4 is 63.3 Å². The molecule has 55 heavy (non-hydrogen) atoms. The van der Waals surface area contributed by atoms with Gasteiger partial charge in [-0.2, -0.15) is 0 Å². The molecule has 3 aliphatic rings. The van der Waals surface area contributed by atoms with Crippen molar-refractivity contribution in [2.75, 3.05) is 22.9 Å². The molecule has 5 aromatic rings. The molecule has 8 rings (SSSR count). The summed E-state index contributed by atoms with van der Waals surface area (Å²) in [6, 6.07) is 36.6. The summed E-state index contributed by atoms with van der Waals surface area (Å²) in [4.78, 5) is 67.1. The summed E-state index contributed by atoms with van der Waals surface area (Å²) in [6.45, 7) is 0.311. The number of fused-ring (bicyclic) bond motifs is 1. The number of thiazole rings is 1. The number of nitrogens with one attached hydrogen (secondary N) is 1. The number of hydrogen-bond acceptors (Lipinski definition) is 10. The fraction of sp³-hybridized carbons (Fsp3) is 0.122. The van der Waals surface area contributed by atoms with Crippen LogP contribution in [0.5, 0.6) is 0 Å². The zero-order valence-electron chi connectivity index (χ0n) is 28.9. The number of aliphatic carboxylic acids is 1. The number of nitrogens with zero attached hydrogens (tertiary/aromatic N) is 4. The lowest BCUT2D eigenvalue weighted by Crippen LogP contribution is -2.71. The molecular weight excluding hydrogens is 737 g/mol. The fourth-order valence-electron chi connectivity index (χ4n) is 6.88. The molecule has 2 atom stereocenters. The second kappa shape index (κ2) is 14.7. The van der Waals surface area contributed by atoms with Gasteiger partial charge >= 0.3 is 5.97 Å². The van der Waals surface area contributed by atoms with Gasteiger partial charge in [0.15, 0.2) is 10.8 Å². The zero-order valence-corrected chi connectivity index (χ0v) is 30.6. The van der Waals surface area contributed by atoms with Crippen LogP contribution in [-0.4, -0.2) is 68.1 Å². The van der Waals surface area contributed by atoms with Gasteiger partial charge in [-0.05, 0) is 23.8 Å². The summed E-state index contributed by atoms with van der Waals surface area (Å²) in [5.74, 6) is -2.72. The molecule has 3 amide bonds. The van der Waals surface area contributed by atoms with Gasteiger partial charge in [0, 0.05) is 39.1 Å². The van der Waals surface area contributed by atoms with Crippen LogP contribution in [0.1, 0.15) is 22.4 Å². The van der Waals surface area contributed by atoms with Crippen molar-refractivity contribution in [2.45, 2.75) is 17.0 Å². The van der Waals surface area contributed by atoms with E-state index in [1.807, 2.05) is 121 Å². The highest BCUT2D eigenvalue weighted by atomic mass is 32.2. The van der Waals surface area contributed by atoms with Gasteiger partial charge in [0.25, 0.3) is 17.7 Å². The van der Waals surface area contributed by atoms with E-state index < -0.39 is 34.8 Å². The maximum absolute atomic E-state index is 14.2. The normalized spacial score (nSPS) is 19.1. The number of amides is 3. The minimum absolute atomic E-state index is 0.137. The van der Waals surface area contributed by atoms with E-state index in [0.29, 0.717) is 17.7 Å². The van der Waals surface area contributed by atoms with Gasteiger partial charge in [-0.3, -0.25) is 19.3 Å². The number of anilines is 2. The number of para-hydroxylation sites is 1. The van der Waals surface area contributed by atoms with E-state index in [1.165, 1.54) is 11.8 Å². The number of carboxylic acid groups (broad SMARTS) is 1. The van der Waals surface area contributed by atoms with Crippen molar-refractivity contribution in [3.05, 3.63) is 172 Å². The molecule has 0 aliphatic carbocycles. The third-order valence-electron chi connectivity index (χ3n) is 9.55. The quantitative estimate of drug-likeness (QED) is 0.0542. The molecule has 0 radical (unpaired) electrons. The van der Waals surface area contributed by atoms with Crippen LogP contribution >= 0.6 is 23.1 Å². The van der Waals surface area contributed by atoms with Crippen LogP contribution in [-0.2, 0) is 29.6 Å². The van der Waals surface area contributed by atoms with E-state index in [-0.39, 0.29) is 33.9 Å². The monoisotopic (exact) mass is 768 g/mol. The number of benzene rings is 4. The predicted molar refractivity (Wildman–Crippen MR) is 210 cm³/mol. The number of rotatable bonds is 11. The van der Waals surface area contributed by atoms with Crippen LogP contribution in [0, 0.1) is 0 Å². The third kappa shape index (κ3) is 6.44. The Morgan fingerprint density at radius 2 is 1.45 bits per heavy atom. The van der Waals surface area contributed by atoms with Crippen molar-refractivity contribution < 1.29 is 29.1 Å². The first-order valence-corrected chi connectivity index (χ1v) is 19.1. The number of hydrogen-bond donors (Lipinski definition) is 3. The lowest BCUT2D eigenvalue weighted by molar-refractivity contribution is -0.150. The molecule has 274 valence electrons. The van der Waals surface area contributed by atoms with Gasteiger partial charge in [-0.15, -0.1) is 23.1 Å². The number of nitrogen functional groups attached to an aromatic ring is 1. The number of carboxylic acids is 1. The lowest BCUT2D eigenvalue weighted by Gasteiger charge is -2.49. The van der Waals surface area contributed by atoms with Crippen LogP contribution < -0.4 is 16.0 Å². The number of aromatic nitrogens is 1. The van der Waals surface area contributed by atoms with Gasteiger partial charge in [0.2, 0.25) is 5.60 Å². The Morgan fingerprint density at radius 3 is 1.96 bits per heavy atom. The molecule has 1 aromatic heterocycles. The summed E-state index contributed by atoms with van der Waals surface area (Å²) < 4.78 is 0. The molecule has 4 aromatic carbocycles. The number of β-lactam (4-membered cyclic amide) rings is 2. The smallest absolute Gasteiger partial charge is 0.352 e. The maximum Gasteiger partial charge on any atom is 0.352 e. The molecular formula is C41H32N6O6S2. The zero-order chi connectivity index (χ0) is 38.1. The van der Waals surface area contributed by atoms with Crippen LogP contribution in [0.25, 0.3) is 0 Å². The lowest BCUT2D eigenvalue weighted by atomic mass is 9.80. The largest absolute Gasteiger partial charge is 0.477 e. The first kappa shape index (κ1) is 35.5. The van der Waals surface area contributed by atoms with E-state index in [4.69, 9.17) is 10.6 Å². The summed E-state index contributed by atoms with van der Waals surface area (Å²) >= 11 is 2.40. The molecule has 2 fully saturated rings. The minimum atomic E-state index is -1.31. The number of nitrogens with two attached hydrogens (primary N) is 1. The number of thioether (sulfide) groups is 1. The molecule has 4 heterocycles. The highest BCUT2D eigenvalue weighted by molar-refractivity contribution is 8.00. The van der Waals surface area contributed by atoms with Gasteiger partial charge in [0.05, 0.1) is 6.54 Å². The highest BCUT2D eigenvalue weighted by Gasteiger charge is 2.54. The standard InChI is InChI=1S/C41H32N6O6S2/c42-40-43-31(24-55-40)32(45-53-41(27-13-5-1-6-14-27,28-15-7-2-8-16-28)29-17-9-3-10-18-29)35(48)44-33-37(50)47-34(39(51)52)26(23-54-38(33)47)21-25-22-46(36(25)49)30-19-11-4-12-20-30/h1-21,24,33,38H,22-23H2,(H2,42,43)(H,44,48)(H,51,52)/b25-21-,45-32-/t33-,38-/m1/s1. The Hall–Kier alpha value is -6.51. The molecule has 0 unspecified atom stereocenters. The predicted octanol–water partition coefficient (Wildman–Crippen LogP) is 5.15. The maximum atomic E-state index is 14.2. The highest BCUT2D eigenvalue weighted by Crippen LogP contribution is 2.43. The number of allylic oxidation sites excluding steroid dienone is 1. The van der Waals surface area contributed by atoms with Crippen LogP contribution in [0.2, 0.25) is 0 Å². The molecule has 2 saturated heterocycles. The summed E-state index contributed by atoms with van der Waals surface area (Å²) in [6.07, 6.45) is 1.56. The van der Waals surface area contributed by atoms with E-state index >= 15 is 0 Å². The average Bonchev–Trinajstić information content (AvgIpc) is 3.66. The number of carbonyl (C=O) groups is 4. The number of carbonyl (C=O) groups excluding carboxylic acids is 3. The second-order valence-electron chi connectivity index (χ2n) is 12.8. The van der Waals surface area contributed by atoms with Crippen molar-refractivity contribution in [3.63, 3.8) is 0 Å². The Morgan fingerprint density at radius 1 is 0.891 bits per heavy atom. The molecule has 4 N–H and O–H groups in total. The summed E-state index contributed by atoms with van der Waals surface area (Å²) in [5.41, 5.74) is 8.13. The Labute approximate surface area is 323 Å². The van der Waals surface area contributed by atoms with Gasteiger partial charge in [0.1, 0.15) is 22.8 Å². The van der Waals surface area contributed by atoms with E-state index in [1.54, 1.807) is 16.4 Å². The van der Waals surface area contributed by atoms with Gasteiger partial charge in [-0.25, -0.2) is 9.78 Å². The Bertz CT molecular complexity index is 2290. The van der Waals surface area contributed by atoms with E-state index in [2.05, 4.69) is 15.5 Å². The summed E-state index contributed by atoms with van der Waals surface area (Å²) in [7, 11) is 0. The molecule has 12 nitrogen and oxygen atoms in total. The first-order valence-electron chi connectivity index (χ1n) is 17.2.